The summed E-state index contributed by atoms with van der Waals surface area (Å²) >= 11 is -1.67. The third kappa shape index (κ3) is 5.91. The molecule has 13 heteroatoms. The number of ether oxygens (including phenoxy) is 1. The maximum Gasteiger partial charge on any atom is 0.264 e. The fourth-order valence-corrected chi connectivity index (χ4v) is 10.0. The van der Waals surface area contributed by atoms with Crippen LogP contribution in [0.2, 0.25) is 0 Å². The Morgan fingerprint density at radius 3 is 2.48 bits per heavy atom. The number of fused-ring (bicyclic) bond motifs is 8. The summed E-state index contributed by atoms with van der Waals surface area (Å²) in [6.45, 7) is 1.69. The molecule has 5 aromatic rings. The smallest absolute Gasteiger partial charge is 0.264 e. The van der Waals surface area contributed by atoms with E-state index in [9.17, 15) is 18.2 Å². The number of carbonyl (C=O) groups is 2. The molecule has 2 amide bonds. The quantitative estimate of drug-likeness (QED) is 0.199. The Labute approximate surface area is 315 Å². The number of aromatic nitrogens is 2. The van der Waals surface area contributed by atoms with Crippen LogP contribution in [-0.2, 0) is 22.5 Å². The SMILES string of the molecule is COc1ccc2c(c1)C1CC1(C(=O)N1CCC(c3noc4cc(F)ccc34)CC1)Cn1c-2c(C2CCCCC2)c2ccc(C(=O)NS(=O)N(C)C)cc21.O. The van der Waals surface area contributed by atoms with Gasteiger partial charge in [-0.2, -0.15) is 0 Å². The van der Waals surface area contributed by atoms with Crippen LogP contribution in [-0.4, -0.2) is 74.7 Å². The Morgan fingerprint density at radius 2 is 1.74 bits per heavy atom. The van der Waals surface area contributed by atoms with Crippen molar-refractivity contribution in [1.82, 2.24) is 23.7 Å². The zero-order valence-electron chi connectivity index (χ0n) is 30.8. The van der Waals surface area contributed by atoms with Crippen LogP contribution in [0.25, 0.3) is 33.1 Å². The third-order valence-electron chi connectivity index (χ3n) is 12.4. The van der Waals surface area contributed by atoms with Crippen molar-refractivity contribution in [2.45, 2.75) is 75.7 Å². The fourth-order valence-electron chi connectivity index (χ4n) is 9.55. The number of piperidine rings is 1. The number of methoxy groups -OCH3 is 1. The Morgan fingerprint density at radius 1 is 0.981 bits per heavy atom. The van der Waals surface area contributed by atoms with E-state index in [-0.39, 0.29) is 29.0 Å². The summed E-state index contributed by atoms with van der Waals surface area (Å²) in [4.78, 5) is 30.5. The second-order valence-corrected chi connectivity index (χ2v) is 17.0. The van der Waals surface area contributed by atoms with Gasteiger partial charge < -0.3 is 24.2 Å². The van der Waals surface area contributed by atoms with Crippen LogP contribution >= 0.6 is 0 Å². The van der Waals surface area contributed by atoms with E-state index in [0.29, 0.717) is 36.7 Å². The molecule has 284 valence electrons. The molecule has 3 unspecified atom stereocenters. The van der Waals surface area contributed by atoms with E-state index in [4.69, 9.17) is 9.26 Å². The summed E-state index contributed by atoms with van der Waals surface area (Å²) in [5.74, 6) is 0.668. The molecule has 3 atom stereocenters. The van der Waals surface area contributed by atoms with E-state index in [1.165, 1.54) is 41.3 Å². The molecule has 0 bridgehead atoms. The van der Waals surface area contributed by atoms with Crippen LogP contribution < -0.4 is 9.46 Å². The fraction of sp³-hybridized carbons (Fsp3) is 0.439. The highest BCUT2D eigenvalue weighted by molar-refractivity contribution is 7.81. The van der Waals surface area contributed by atoms with Crippen LogP contribution in [0.1, 0.15) is 96.3 Å². The largest absolute Gasteiger partial charge is 0.497 e. The Balaban J connectivity index is 0.00000413. The third-order valence-corrected chi connectivity index (χ3v) is 13.4. The summed E-state index contributed by atoms with van der Waals surface area (Å²) in [6.07, 6.45) is 7.98. The minimum Gasteiger partial charge on any atom is -0.497 e. The molecule has 11 nitrogen and oxygen atoms in total. The van der Waals surface area contributed by atoms with Crippen molar-refractivity contribution >= 4 is 44.9 Å². The Kier molecular flexibility index (Phi) is 9.38. The molecule has 3 N–H and O–H groups in total. The molecule has 0 radical (unpaired) electrons. The standard InChI is InChI=1S/C41H44FN5O5S.H2O/c1-45(2)53(50)44-39(48)26-9-12-30-34(19-26)47-23-41(40(49)46-17-15-25(16-18-46)37-31-13-10-27(42)20-35(31)52-43-37)22-33(41)32-21-28(51-3)11-14-29(32)38(47)36(30)24-7-5-4-6-8-24;/h9-14,19-21,24-25,33H,4-8,15-18,22-23H2,1-3H3,(H,44,48);1H2. The van der Waals surface area contributed by atoms with Crippen molar-refractivity contribution in [3.05, 3.63) is 82.8 Å². The lowest BCUT2D eigenvalue weighted by molar-refractivity contribution is -0.138. The lowest BCUT2D eigenvalue weighted by Gasteiger charge is -2.34. The maximum atomic E-state index is 15.0. The van der Waals surface area contributed by atoms with Gasteiger partial charge in [0.1, 0.15) is 11.6 Å². The minimum absolute atomic E-state index is 0. The zero-order valence-corrected chi connectivity index (χ0v) is 31.6. The molecular formula is C41H46FN5O6S. The highest BCUT2D eigenvalue weighted by Gasteiger charge is 2.64. The van der Waals surface area contributed by atoms with Gasteiger partial charge in [-0.15, -0.1) is 0 Å². The molecule has 4 heterocycles. The predicted molar refractivity (Wildman–Crippen MR) is 205 cm³/mol. The average molecular weight is 756 g/mol. The van der Waals surface area contributed by atoms with Gasteiger partial charge in [0.25, 0.3) is 5.91 Å². The molecule has 2 saturated carbocycles. The van der Waals surface area contributed by atoms with Crippen molar-refractivity contribution in [3.8, 4) is 17.0 Å². The van der Waals surface area contributed by atoms with E-state index >= 15 is 0 Å². The normalized spacial score (nSPS) is 21.9. The highest BCUT2D eigenvalue weighted by Crippen LogP contribution is 2.66. The topological polar surface area (TPSA) is 141 Å². The van der Waals surface area contributed by atoms with Crippen LogP contribution in [0.15, 0.2) is 59.1 Å². The monoisotopic (exact) mass is 755 g/mol. The maximum absolute atomic E-state index is 15.0. The van der Waals surface area contributed by atoms with Crippen LogP contribution in [0.4, 0.5) is 4.39 Å². The molecule has 54 heavy (non-hydrogen) atoms. The lowest BCUT2D eigenvalue weighted by atomic mass is 9.81. The van der Waals surface area contributed by atoms with Crippen molar-refractivity contribution in [3.63, 3.8) is 0 Å². The number of nitrogens with one attached hydrogen (secondary N) is 1. The number of hydrogen-bond donors (Lipinski definition) is 1. The second kappa shape index (κ2) is 13.9. The van der Waals surface area contributed by atoms with Crippen molar-refractivity contribution in [2.75, 3.05) is 34.3 Å². The van der Waals surface area contributed by atoms with Crippen LogP contribution in [0.5, 0.6) is 5.75 Å². The molecule has 2 aromatic heterocycles. The summed E-state index contributed by atoms with van der Waals surface area (Å²) in [7, 11) is 4.99. The average Bonchev–Trinajstić information content (AvgIpc) is 3.66. The zero-order chi connectivity index (χ0) is 36.6. The van der Waals surface area contributed by atoms with Gasteiger partial charge in [-0.3, -0.25) is 14.3 Å². The molecule has 3 fully saturated rings. The number of amides is 2. The van der Waals surface area contributed by atoms with Gasteiger partial charge >= 0.3 is 0 Å². The van der Waals surface area contributed by atoms with Gasteiger partial charge in [0.2, 0.25) is 5.91 Å². The number of halogens is 1. The first-order valence-corrected chi connectivity index (χ1v) is 19.9. The van der Waals surface area contributed by atoms with E-state index in [1.807, 2.05) is 23.1 Å². The van der Waals surface area contributed by atoms with Crippen molar-refractivity contribution in [1.29, 1.82) is 0 Å². The van der Waals surface area contributed by atoms with Crippen molar-refractivity contribution in [2.24, 2.45) is 5.41 Å². The number of rotatable bonds is 7. The van der Waals surface area contributed by atoms with Gasteiger partial charge in [-0.1, -0.05) is 30.5 Å². The van der Waals surface area contributed by atoms with E-state index < -0.39 is 22.5 Å². The molecule has 1 saturated heterocycles. The van der Waals surface area contributed by atoms with E-state index in [2.05, 4.69) is 32.6 Å². The van der Waals surface area contributed by atoms with Gasteiger partial charge in [0.05, 0.1) is 23.9 Å². The van der Waals surface area contributed by atoms with Gasteiger partial charge in [-0.25, -0.2) is 12.9 Å². The summed E-state index contributed by atoms with van der Waals surface area (Å²) in [6, 6.07) is 16.7. The van der Waals surface area contributed by atoms with Crippen LogP contribution in [0, 0.1) is 11.2 Å². The summed E-state index contributed by atoms with van der Waals surface area (Å²) in [5, 5.41) is 6.27. The molecular weight excluding hydrogens is 710 g/mol. The Hall–Kier alpha value is -4.59. The van der Waals surface area contributed by atoms with Crippen molar-refractivity contribution < 1.29 is 32.9 Å². The first-order valence-electron chi connectivity index (χ1n) is 18.8. The van der Waals surface area contributed by atoms with Gasteiger partial charge in [0, 0.05) is 79.0 Å². The number of nitrogens with zero attached hydrogens (tertiary/aromatic N) is 4. The number of benzene rings is 3. The predicted octanol–water partition coefficient (Wildman–Crippen LogP) is 6.58. The van der Waals surface area contributed by atoms with E-state index in [0.717, 1.165) is 76.7 Å². The molecule has 2 aliphatic carbocycles. The first kappa shape index (κ1) is 36.4. The molecule has 9 rings (SSSR count). The highest BCUT2D eigenvalue weighted by atomic mass is 32.2. The molecule has 4 aliphatic rings. The number of carbonyl (C=O) groups excluding carboxylic acids is 2. The van der Waals surface area contributed by atoms with Crippen LogP contribution in [0.3, 0.4) is 0 Å². The molecule has 2 aliphatic heterocycles. The first-order chi connectivity index (χ1) is 25.7. The molecule has 3 aromatic carbocycles. The summed E-state index contributed by atoms with van der Waals surface area (Å²) in [5.41, 5.74) is 6.71. The Bertz CT molecular complexity index is 2310. The van der Waals surface area contributed by atoms with Gasteiger partial charge in [0.15, 0.2) is 16.8 Å². The minimum atomic E-state index is -1.67. The second-order valence-electron chi connectivity index (χ2n) is 15.5. The van der Waals surface area contributed by atoms with Gasteiger partial charge in [-0.05, 0) is 91.6 Å². The van der Waals surface area contributed by atoms with E-state index in [1.54, 1.807) is 27.3 Å². The lowest BCUT2D eigenvalue weighted by Crippen LogP contribution is -2.44. The number of likely N-dealkylation sites (tertiary alicyclic amines) is 1. The molecule has 0 spiro atoms. The summed E-state index contributed by atoms with van der Waals surface area (Å²) < 4.78 is 44.0. The number of hydrogen-bond acceptors (Lipinski definition) is 6.